The maximum atomic E-state index is 12.6. The topological polar surface area (TPSA) is 136 Å². The molecule has 0 aromatic heterocycles. The lowest BCUT2D eigenvalue weighted by Crippen LogP contribution is -2.16. The molecule has 0 fully saturated rings. The quantitative estimate of drug-likeness (QED) is 0.592. The van der Waals surface area contributed by atoms with Crippen LogP contribution < -0.4 is 9.46 Å². The molecule has 132 valence electrons. The number of aryl methyl sites for hydroxylation is 1. The number of sulfonamides is 1. The van der Waals surface area contributed by atoms with E-state index < -0.39 is 20.9 Å². The lowest BCUT2D eigenvalue weighted by atomic mass is 10.1. The second-order valence-corrected chi connectivity index (χ2v) is 6.68. The van der Waals surface area contributed by atoms with E-state index in [1.54, 1.807) is 0 Å². The molecule has 0 amide bonds. The number of hydrogen-bond acceptors (Lipinski definition) is 6. The van der Waals surface area contributed by atoms with Gasteiger partial charge in [0.2, 0.25) is 0 Å². The molecule has 10 heteroatoms. The van der Waals surface area contributed by atoms with E-state index in [0.29, 0.717) is 5.56 Å². The third kappa shape index (κ3) is 3.86. The number of anilines is 1. The summed E-state index contributed by atoms with van der Waals surface area (Å²) in [5, 5.41) is 19.9. The predicted octanol–water partition coefficient (Wildman–Crippen LogP) is 2.41. The first-order valence-corrected chi connectivity index (χ1v) is 8.33. The minimum absolute atomic E-state index is 0.0845. The molecule has 2 rings (SSSR count). The fourth-order valence-corrected chi connectivity index (χ4v) is 3.44. The molecule has 0 radical (unpaired) electrons. The molecule has 0 unspecified atom stereocenters. The molecule has 0 aliphatic rings. The van der Waals surface area contributed by atoms with Gasteiger partial charge in [-0.3, -0.25) is 14.8 Å². The summed E-state index contributed by atoms with van der Waals surface area (Å²) in [6.45, 7) is 1.50. The number of non-ortho nitro benzene ring substituents is 1. The summed E-state index contributed by atoms with van der Waals surface area (Å²) >= 11 is 0. The monoisotopic (exact) mass is 366 g/mol. The average Bonchev–Trinajstić information content (AvgIpc) is 2.54. The number of hydrogen-bond donors (Lipinski definition) is 2. The first kappa shape index (κ1) is 18.2. The zero-order chi connectivity index (χ0) is 18.8. The number of nitrogens with zero attached hydrogens (tertiary/aromatic N) is 1. The molecule has 25 heavy (non-hydrogen) atoms. The van der Waals surface area contributed by atoms with Crippen molar-refractivity contribution in [1.29, 1.82) is 0 Å². The van der Waals surface area contributed by atoms with Crippen LogP contribution in [-0.2, 0) is 10.0 Å². The Morgan fingerprint density at radius 1 is 1.24 bits per heavy atom. The Morgan fingerprint density at radius 3 is 2.48 bits per heavy atom. The van der Waals surface area contributed by atoms with Gasteiger partial charge in [0.25, 0.3) is 15.7 Å². The summed E-state index contributed by atoms with van der Waals surface area (Å²) in [5.41, 5.74) is -0.329. The molecule has 0 spiro atoms. The van der Waals surface area contributed by atoms with Crippen LogP contribution in [0, 0.1) is 17.0 Å². The van der Waals surface area contributed by atoms with Crippen molar-refractivity contribution in [2.45, 2.75) is 11.8 Å². The van der Waals surface area contributed by atoms with E-state index in [9.17, 15) is 23.3 Å². The van der Waals surface area contributed by atoms with Crippen molar-refractivity contribution >= 4 is 27.4 Å². The number of methoxy groups -OCH3 is 1. The maximum absolute atomic E-state index is 12.6. The van der Waals surface area contributed by atoms with Crippen molar-refractivity contribution in [1.82, 2.24) is 0 Å². The number of carboxylic acid groups (broad SMARTS) is 1. The van der Waals surface area contributed by atoms with Crippen molar-refractivity contribution in [2.75, 3.05) is 11.8 Å². The number of aromatic carboxylic acids is 1. The van der Waals surface area contributed by atoms with Gasteiger partial charge in [0.15, 0.2) is 0 Å². The highest BCUT2D eigenvalue weighted by Crippen LogP contribution is 2.31. The van der Waals surface area contributed by atoms with E-state index in [0.717, 1.165) is 12.1 Å². The smallest absolute Gasteiger partial charge is 0.335 e. The largest absolute Gasteiger partial charge is 0.495 e. The number of ether oxygens (including phenoxy) is 1. The molecule has 0 saturated carbocycles. The molecular formula is C15H14N2O7S. The fraction of sp³-hybridized carbons (Fsp3) is 0.133. The number of nitrogens with one attached hydrogen (secondary N) is 1. The lowest BCUT2D eigenvalue weighted by Gasteiger charge is -2.13. The van der Waals surface area contributed by atoms with Crippen LogP contribution >= 0.6 is 0 Å². The average molecular weight is 366 g/mol. The van der Waals surface area contributed by atoms with Crippen molar-refractivity contribution in [2.24, 2.45) is 0 Å². The van der Waals surface area contributed by atoms with Crippen LogP contribution in [0.4, 0.5) is 11.4 Å². The number of nitro groups is 1. The van der Waals surface area contributed by atoms with Gasteiger partial charge < -0.3 is 9.84 Å². The minimum Gasteiger partial charge on any atom is -0.495 e. The standard InChI is InChI=1S/C15H14N2O7S/c1-9-3-4-10(15(18)19)7-14(9)25(22,23)16-12-8-11(17(20)21)5-6-13(12)24-2/h3-8,16H,1-2H3,(H,18,19). The Hall–Kier alpha value is -3.14. The van der Waals surface area contributed by atoms with E-state index >= 15 is 0 Å². The molecule has 0 bridgehead atoms. The van der Waals surface area contributed by atoms with Crippen LogP contribution in [0.1, 0.15) is 15.9 Å². The summed E-state index contributed by atoms with van der Waals surface area (Å²) in [6, 6.07) is 7.12. The maximum Gasteiger partial charge on any atom is 0.335 e. The molecular weight excluding hydrogens is 352 g/mol. The highest BCUT2D eigenvalue weighted by molar-refractivity contribution is 7.92. The third-order valence-electron chi connectivity index (χ3n) is 3.36. The number of rotatable bonds is 6. The van der Waals surface area contributed by atoms with Crippen LogP contribution in [0.5, 0.6) is 5.75 Å². The summed E-state index contributed by atoms with van der Waals surface area (Å²) < 4.78 is 32.5. The second kappa shape index (κ2) is 6.77. The van der Waals surface area contributed by atoms with Gasteiger partial charge >= 0.3 is 5.97 Å². The Kier molecular flexibility index (Phi) is 4.93. The number of benzene rings is 2. The Bertz CT molecular complexity index is 954. The molecule has 2 aromatic rings. The number of carbonyl (C=O) groups is 1. The van der Waals surface area contributed by atoms with Gasteiger partial charge in [0.05, 0.1) is 28.2 Å². The first-order chi connectivity index (χ1) is 11.7. The Morgan fingerprint density at radius 2 is 1.92 bits per heavy atom. The van der Waals surface area contributed by atoms with Gasteiger partial charge in [-0.25, -0.2) is 13.2 Å². The normalized spacial score (nSPS) is 11.0. The fourth-order valence-electron chi connectivity index (χ4n) is 2.11. The third-order valence-corrected chi connectivity index (χ3v) is 4.87. The van der Waals surface area contributed by atoms with Crippen LogP contribution in [0.15, 0.2) is 41.3 Å². The molecule has 0 heterocycles. The first-order valence-electron chi connectivity index (χ1n) is 6.85. The second-order valence-electron chi connectivity index (χ2n) is 5.03. The SMILES string of the molecule is COc1ccc([N+](=O)[O-])cc1NS(=O)(=O)c1cc(C(=O)O)ccc1C. The zero-order valence-electron chi connectivity index (χ0n) is 13.2. The summed E-state index contributed by atoms with van der Waals surface area (Å²) in [5.74, 6) is -1.19. The van der Waals surface area contributed by atoms with Gasteiger partial charge in [-0.2, -0.15) is 0 Å². The Balaban J connectivity index is 2.53. The number of nitro benzene ring substituents is 1. The van der Waals surface area contributed by atoms with E-state index in [-0.39, 0.29) is 27.6 Å². The van der Waals surface area contributed by atoms with E-state index in [2.05, 4.69) is 4.72 Å². The molecule has 0 aliphatic heterocycles. The van der Waals surface area contributed by atoms with Gasteiger partial charge in [0, 0.05) is 12.1 Å². The Labute approximate surface area is 143 Å². The van der Waals surface area contributed by atoms with Crippen molar-refractivity contribution < 1.29 is 28.0 Å². The van der Waals surface area contributed by atoms with E-state index in [1.807, 2.05) is 0 Å². The van der Waals surface area contributed by atoms with Crippen LogP contribution in [-0.4, -0.2) is 31.5 Å². The van der Waals surface area contributed by atoms with Crippen molar-refractivity contribution in [3.63, 3.8) is 0 Å². The number of carboxylic acids is 1. The summed E-state index contributed by atoms with van der Waals surface area (Å²) in [6.07, 6.45) is 0. The van der Waals surface area contributed by atoms with Crippen LogP contribution in [0.2, 0.25) is 0 Å². The lowest BCUT2D eigenvalue weighted by molar-refractivity contribution is -0.384. The van der Waals surface area contributed by atoms with E-state index in [4.69, 9.17) is 9.84 Å². The van der Waals surface area contributed by atoms with Gasteiger partial charge in [-0.15, -0.1) is 0 Å². The molecule has 2 N–H and O–H groups in total. The van der Waals surface area contributed by atoms with Crippen molar-refractivity contribution in [3.8, 4) is 5.75 Å². The van der Waals surface area contributed by atoms with E-state index in [1.165, 1.54) is 38.3 Å². The minimum atomic E-state index is -4.19. The molecule has 9 nitrogen and oxygen atoms in total. The molecule has 2 aromatic carbocycles. The molecule has 0 saturated heterocycles. The highest BCUT2D eigenvalue weighted by atomic mass is 32.2. The van der Waals surface area contributed by atoms with Crippen molar-refractivity contribution in [3.05, 3.63) is 57.6 Å². The van der Waals surface area contributed by atoms with Crippen LogP contribution in [0.25, 0.3) is 0 Å². The molecule has 0 aliphatic carbocycles. The van der Waals surface area contributed by atoms with Crippen LogP contribution in [0.3, 0.4) is 0 Å². The van der Waals surface area contributed by atoms with Gasteiger partial charge in [-0.1, -0.05) is 6.07 Å². The van der Waals surface area contributed by atoms with Gasteiger partial charge in [-0.05, 0) is 30.7 Å². The zero-order valence-corrected chi connectivity index (χ0v) is 14.0. The molecule has 0 atom stereocenters. The summed E-state index contributed by atoms with van der Waals surface area (Å²) in [7, 11) is -2.90. The highest BCUT2D eigenvalue weighted by Gasteiger charge is 2.22. The predicted molar refractivity (Wildman–Crippen MR) is 88.6 cm³/mol. The summed E-state index contributed by atoms with van der Waals surface area (Å²) in [4.78, 5) is 21.0. The van der Waals surface area contributed by atoms with Gasteiger partial charge in [0.1, 0.15) is 5.75 Å².